The van der Waals surface area contributed by atoms with Crippen LogP contribution in [0.15, 0.2) is 35.7 Å². The molecule has 6 nitrogen and oxygen atoms in total. The van der Waals surface area contributed by atoms with E-state index in [1.165, 1.54) is 0 Å². The predicted octanol–water partition coefficient (Wildman–Crippen LogP) is 5.15. The monoisotopic (exact) mass is 474 g/mol. The van der Waals surface area contributed by atoms with Crippen molar-refractivity contribution in [3.05, 3.63) is 46.2 Å². The number of ether oxygens (including phenoxy) is 2. The Morgan fingerprint density at radius 3 is 2.42 bits per heavy atom. The molecule has 0 aliphatic heterocycles. The normalized spacial score (nSPS) is 11.7. The summed E-state index contributed by atoms with van der Waals surface area (Å²) in [6, 6.07) is 9.90. The molecule has 1 aromatic heterocycles. The minimum absolute atomic E-state index is 0.0194. The summed E-state index contributed by atoms with van der Waals surface area (Å²) in [7, 11) is 3.23. The number of nitrogens with zero attached hydrogens (tertiary/aromatic N) is 2. The van der Waals surface area contributed by atoms with Gasteiger partial charge in [0.05, 0.1) is 27.3 Å². The number of rotatable bonds is 14. The third kappa shape index (κ3) is 8.07. The number of thiophene rings is 1. The quantitative estimate of drug-likeness (QED) is 0.380. The maximum Gasteiger partial charge on any atom is 0.242 e. The van der Waals surface area contributed by atoms with Crippen LogP contribution in [0.4, 0.5) is 0 Å². The third-order valence-electron chi connectivity index (χ3n) is 5.89. The van der Waals surface area contributed by atoms with Gasteiger partial charge in [-0.2, -0.15) is 0 Å². The first kappa shape index (κ1) is 26.7. The molecule has 0 aliphatic rings. The van der Waals surface area contributed by atoms with Gasteiger partial charge in [-0.1, -0.05) is 32.4 Å². The van der Waals surface area contributed by atoms with Crippen molar-refractivity contribution in [2.75, 3.05) is 27.3 Å². The summed E-state index contributed by atoms with van der Waals surface area (Å²) in [5.74, 6) is 1.41. The van der Waals surface area contributed by atoms with Gasteiger partial charge in [-0.15, -0.1) is 11.3 Å². The lowest BCUT2D eigenvalue weighted by molar-refractivity contribution is -0.142. The predicted molar refractivity (Wildman–Crippen MR) is 134 cm³/mol. The van der Waals surface area contributed by atoms with Gasteiger partial charge < -0.3 is 19.3 Å². The standard InChI is InChI=1S/C26H38N2O4S/c1-6-8-11-25(29)28(20(3)7-2)19-26(30)27(18-22-10-9-16-33-22)15-14-21-12-13-23(31-4)24(17-21)32-5/h9-10,12-13,16-17,20H,6-8,11,14-15,18-19H2,1-5H3. The summed E-state index contributed by atoms with van der Waals surface area (Å²) < 4.78 is 10.7. The zero-order valence-corrected chi connectivity index (χ0v) is 21.5. The summed E-state index contributed by atoms with van der Waals surface area (Å²) in [4.78, 5) is 31.0. The molecule has 0 fully saturated rings. The number of carbonyl (C=O) groups excluding carboxylic acids is 2. The SMILES string of the molecule is CCCCC(=O)N(CC(=O)N(CCc1ccc(OC)c(OC)c1)Cc1cccs1)C(C)CC. The van der Waals surface area contributed by atoms with Crippen LogP contribution in [0.25, 0.3) is 0 Å². The maximum absolute atomic E-state index is 13.4. The fourth-order valence-electron chi connectivity index (χ4n) is 3.61. The summed E-state index contributed by atoms with van der Waals surface area (Å²) in [6.07, 6.45) is 3.80. The Balaban J connectivity index is 2.16. The molecule has 0 saturated heterocycles. The molecule has 0 N–H and O–H groups in total. The van der Waals surface area contributed by atoms with Crippen molar-refractivity contribution in [3.63, 3.8) is 0 Å². The van der Waals surface area contributed by atoms with E-state index < -0.39 is 0 Å². The van der Waals surface area contributed by atoms with Gasteiger partial charge in [-0.3, -0.25) is 9.59 Å². The Morgan fingerprint density at radius 1 is 1.06 bits per heavy atom. The number of methoxy groups -OCH3 is 2. The minimum Gasteiger partial charge on any atom is -0.493 e. The van der Waals surface area contributed by atoms with E-state index in [4.69, 9.17) is 9.47 Å². The zero-order chi connectivity index (χ0) is 24.2. The number of hydrogen-bond acceptors (Lipinski definition) is 5. The van der Waals surface area contributed by atoms with Crippen LogP contribution in [0.3, 0.4) is 0 Å². The average Bonchev–Trinajstić information content (AvgIpc) is 3.35. The van der Waals surface area contributed by atoms with Crippen molar-refractivity contribution < 1.29 is 19.1 Å². The Kier molecular flexibility index (Phi) is 11.2. The van der Waals surface area contributed by atoms with Crippen LogP contribution in [-0.4, -0.2) is 55.0 Å². The van der Waals surface area contributed by atoms with E-state index in [-0.39, 0.29) is 24.4 Å². The molecule has 0 saturated carbocycles. The van der Waals surface area contributed by atoms with Gasteiger partial charge in [0.1, 0.15) is 0 Å². The van der Waals surface area contributed by atoms with Gasteiger partial charge in [-0.25, -0.2) is 0 Å². The molecule has 1 atom stereocenters. The first-order chi connectivity index (χ1) is 15.9. The number of hydrogen-bond donors (Lipinski definition) is 0. The lowest BCUT2D eigenvalue weighted by atomic mass is 10.1. The summed E-state index contributed by atoms with van der Waals surface area (Å²) >= 11 is 1.64. The van der Waals surface area contributed by atoms with Gasteiger partial charge in [0.15, 0.2) is 11.5 Å². The molecule has 0 radical (unpaired) electrons. The van der Waals surface area contributed by atoms with Crippen molar-refractivity contribution >= 4 is 23.2 Å². The number of amides is 2. The fraction of sp³-hybridized carbons (Fsp3) is 0.538. The van der Waals surface area contributed by atoms with Gasteiger partial charge in [0.2, 0.25) is 11.8 Å². The highest BCUT2D eigenvalue weighted by Gasteiger charge is 2.24. The van der Waals surface area contributed by atoms with Crippen molar-refractivity contribution in [2.45, 2.75) is 65.5 Å². The van der Waals surface area contributed by atoms with Crippen molar-refractivity contribution in [1.82, 2.24) is 9.80 Å². The van der Waals surface area contributed by atoms with E-state index >= 15 is 0 Å². The van der Waals surface area contributed by atoms with Gasteiger partial charge in [0.25, 0.3) is 0 Å². The number of unbranched alkanes of at least 4 members (excludes halogenated alkanes) is 1. The Hall–Kier alpha value is -2.54. The third-order valence-corrected chi connectivity index (χ3v) is 6.75. The molecule has 2 aromatic rings. The highest BCUT2D eigenvalue weighted by Crippen LogP contribution is 2.28. The first-order valence-electron chi connectivity index (χ1n) is 11.7. The number of carbonyl (C=O) groups is 2. The van der Waals surface area contributed by atoms with Crippen LogP contribution in [0.2, 0.25) is 0 Å². The molecule has 0 bridgehead atoms. The van der Waals surface area contributed by atoms with E-state index in [1.807, 2.05) is 47.5 Å². The largest absolute Gasteiger partial charge is 0.493 e. The molecule has 1 heterocycles. The topological polar surface area (TPSA) is 59.1 Å². The number of benzene rings is 1. The van der Waals surface area contributed by atoms with Crippen LogP contribution < -0.4 is 9.47 Å². The molecule has 33 heavy (non-hydrogen) atoms. The zero-order valence-electron chi connectivity index (χ0n) is 20.6. The molecule has 7 heteroatoms. The van der Waals surface area contributed by atoms with Crippen LogP contribution in [-0.2, 0) is 22.6 Å². The van der Waals surface area contributed by atoms with E-state index in [9.17, 15) is 9.59 Å². The smallest absolute Gasteiger partial charge is 0.242 e. The molecular formula is C26H38N2O4S. The summed E-state index contributed by atoms with van der Waals surface area (Å²) in [5, 5.41) is 2.02. The fourth-order valence-corrected chi connectivity index (χ4v) is 4.33. The molecule has 0 aliphatic carbocycles. The van der Waals surface area contributed by atoms with E-state index in [0.717, 1.165) is 29.7 Å². The van der Waals surface area contributed by atoms with Gasteiger partial charge in [0, 0.05) is 23.9 Å². The molecule has 182 valence electrons. The summed E-state index contributed by atoms with van der Waals surface area (Å²) in [6.45, 7) is 7.36. The summed E-state index contributed by atoms with van der Waals surface area (Å²) in [5.41, 5.74) is 1.06. The molecule has 2 rings (SSSR count). The second kappa shape index (κ2) is 13.9. The van der Waals surface area contributed by atoms with Crippen LogP contribution in [0, 0.1) is 0 Å². The highest BCUT2D eigenvalue weighted by atomic mass is 32.1. The first-order valence-corrected chi connectivity index (χ1v) is 12.6. The lowest BCUT2D eigenvalue weighted by Crippen LogP contribution is -2.46. The van der Waals surface area contributed by atoms with Crippen LogP contribution in [0.5, 0.6) is 11.5 Å². The molecule has 1 unspecified atom stereocenters. The molecule has 1 aromatic carbocycles. The Morgan fingerprint density at radius 2 is 1.82 bits per heavy atom. The molecule has 2 amide bonds. The van der Waals surface area contributed by atoms with Gasteiger partial charge >= 0.3 is 0 Å². The van der Waals surface area contributed by atoms with Crippen molar-refractivity contribution in [1.29, 1.82) is 0 Å². The highest BCUT2D eigenvalue weighted by molar-refractivity contribution is 7.09. The average molecular weight is 475 g/mol. The van der Waals surface area contributed by atoms with E-state index in [0.29, 0.717) is 37.4 Å². The maximum atomic E-state index is 13.4. The molecular weight excluding hydrogens is 436 g/mol. The molecule has 0 spiro atoms. The second-order valence-electron chi connectivity index (χ2n) is 8.22. The van der Waals surface area contributed by atoms with E-state index in [2.05, 4.69) is 13.8 Å². The Bertz CT molecular complexity index is 869. The van der Waals surface area contributed by atoms with E-state index in [1.54, 1.807) is 30.5 Å². The van der Waals surface area contributed by atoms with Gasteiger partial charge in [-0.05, 0) is 55.3 Å². The van der Waals surface area contributed by atoms with Crippen molar-refractivity contribution in [2.24, 2.45) is 0 Å². The minimum atomic E-state index is -0.0194. The van der Waals surface area contributed by atoms with Crippen molar-refractivity contribution in [3.8, 4) is 11.5 Å². The Labute approximate surface area is 202 Å². The van der Waals surface area contributed by atoms with Crippen LogP contribution >= 0.6 is 11.3 Å². The second-order valence-corrected chi connectivity index (χ2v) is 9.25. The van der Waals surface area contributed by atoms with Crippen LogP contribution in [0.1, 0.15) is 56.9 Å². The lowest BCUT2D eigenvalue weighted by Gasteiger charge is -2.31.